The number of benzene rings is 1. The van der Waals surface area contributed by atoms with Crippen LogP contribution in [0.3, 0.4) is 0 Å². The van der Waals surface area contributed by atoms with Crippen molar-refractivity contribution in [3.05, 3.63) is 35.9 Å². The normalized spacial score (nSPS) is 25.5. The van der Waals surface area contributed by atoms with Gasteiger partial charge in [0.25, 0.3) is 0 Å². The lowest BCUT2D eigenvalue weighted by atomic mass is 9.83. The van der Waals surface area contributed by atoms with Gasteiger partial charge in [0.2, 0.25) is 5.91 Å². The molecule has 2 fully saturated rings. The van der Waals surface area contributed by atoms with E-state index in [-0.39, 0.29) is 30.3 Å². The van der Waals surface area contributed by atoms with E-state index in [2.05, 4.69) is 33.7 Å². The molecule has 2 N–H and O–H groups in total. The summed E-state index contributed by atoms with van der Waals surface area (Å²) in [6.07, 6.45) is 5.30. The van der Waals surface area contributed by atoms with Crippen molar-refractivity contribution in [3.8, 4) is 5.75 Å². The Bertz CT molecular complexity index is 837. The summed E-state index contributed by atoms with van der Waals surface area (Å²) < 4.78 is 11.0. The van der Waals surface area contributed by atoms with Gasteiger partial charge < -0.3 is 29.9 Å². The number of esters is 1. The first kappa shape index (κ1) is 22.6. The van der Waals surface area contributed by atoms with Gasteiger partial charge in [0.1, 0.15) is 12.4 Å². The number of rotatable bonds is 3. The van der Waals surface area contributed by atoms with Gasteiger partial charge in [0.05, 0.1) is 13.7 Å². The summed E-state index contributed by atoms with van der Waals surface area (Å²) >= 11 is 0. The molecule has 1 amide bonds. The van der Waals surface area contributed by atoms with Crippen molar-refractivity contribution >= 4 is 17.6 Å². The number of nitrogens with one attached hydrogen (secondary N) is 2. The van der Waals surface area contributed by atoms with Gasteiger partial charge in [-0.25, -0.2) is 0 Å². The maximum Gasteiger partial charge on any atom is 0.305 e. The predicted molar refractivity (Wildman–Crippen MR) is 123 cm³/mol. The van der Waals surface area contributed by atoms with Gasteiger partial charge in [-0.15, -0.1) is 0 Å². The third-order valence-corrected chi connectivity index (χ3v) is 6.65. The summed E-state index contributed by atoms with van der Waals surface area (Å²) in [4.78, 5) is 29.0. The molecule has 0 aliphatic carbocycles. The predicted octanol–water partition coefficient (Wildman–Crippen LogP) is 1.16. The van der Waals surface area contributed by atoms with Crippen molar-refractivity contribution in [3.63, 3.8) is 0 Å². The molecule has 1 aromatic carbocycles. The summed E-state index contributed by atoms with van der Waals surface area (Å²) in [6.45, 7) is 6.55. The molecule has 3 aliphatic rings. The highest BCUT2D eigenvalue weighted by atomic mass is 16.5. The zero-order valence-corrected chi connectivity index (χ0v) is 18.8. The van der Waals surface area contributed by atoms with E-state index in [1.165, 1.54) is 12.8 Å². The van der Waals surface area contributed by atoms with E-state index in [1.54, 1.807) is 0 Å². The molecule has 2 saturated heterocycles. The Balaban J connectivity index is 1.50. The van der Waals surface area contributed by atoms with E-state index in [0.717, 1.165) is 43.9 Å². The van der Waals surface area contributed by atoms with Gasteiger partial charge in [-0.1, -0.05) is 12.2 Å². The SMILES string of the molecule is COC(=O)C[C@@H]1CCN2C[C@@H]1/C=C/COc1ccc(N3CCNCC3)cc1CNCC2=O. The van der Waals surface area contributed by atoms with Crippen LogP contribution in [-0.4, -0.2) is 76.3 Å². The van der Waals surface area contributed by atoms with Crippen LogP contribution < -0.4 is 20.3 Å². The highest BCUT2D eigenvalue weighted by Crippen LogP contribution is 2.29. The van der Waals surface area contributed by atoms with Gasteiger partial charge >= 0.3 is 5.97 Å². The minimum absolute atomic E-state index is 0.0971. The molecule has 0 spiro atoms. The highest BCUT2D eigenvalue weighted by Gasteiger charge is 2.31. The Morgan fingerprint density at radius 1 is 1.16 bits per heavy atom. The average molecular weight is 443 g/mol. The van der Waals surface area contributed by atoms with Crippen LogP contribution in [-0.2, 0) is 20.9 Å². The highest BCUT2D eigenvalue weighted by molar-refractivity contribution is 5.78. The number of piperazine rings is 1. The number of anilines is 1. The van der Waals surface area contributed by atoms with Crippen molar-refractivity contribution in [2.75, 3.05) is 64.4 Å². The van der Waals surface area contributed by atoms with E-state index in [9.17, 15) is 9.59 Å². The quantitative estimate of drug-likeness (QED) is 0.537. The van der Waals surface area contributed by atoms with E-state index < -0.39 is 0 Å². The van der Waals surface area contributed by atoms with Gasteiger partial charge in [-0.3, -0.25) is 9.59 Å². The molecule has 2 bridgehead atoms. The Morgan fingerprint density at radius 2 is 2.00 bits per heavy atom. The number of carbonyl (C=O) groups is 2. The van der Waals surface area contributed by atoms with Crippen LogP contribution in [0, 0.1) is 11.8 Å². The van der Waals surface area contributed by atoms with Crippen molar-refractivity contribution in [2.45, 2.75) is 19.4 Å². The second-order valence-corrected chi connectivity index (χ2v) is 8.70. The number of amides is 1. The van der Waals surface area contributed by atoms with Crippen molar-refractivity contribution in [2.24, 2.45) is 11.8 Å². The second-order valence-electron chi connectivity index (χ2n) is 8.70. The van der Waals surface area contributed by atoms with Crippen LogP contribution in [0.2, 0.25) is 0 Å². The fourth-order valence-corrected chi connectivity index (χ4v) is 4.77. The Labute approximate surface area is 189 Å². The minimum atomic E-state index is -0.196. The molecule has 4 rings (SSSR count). The zero-order chi connectivity index (χ0) is 22.3. The first-order valence-corrected chi connectivity index (χ1v) is 11.6. The Kier molecular flexibility index (Phi) is 7.65. The number of ether oxygens (including phenoxy) is 2. The monoisotopic (exact) mass is 442 g/mol. The smallest absolute Gasteiger partial charge is 0.305 e. The minimum Gasteiger partial charge on any atom is -0.489 e. The molecule has 0 radical (unpaired) electrons. The summed E-state index contributed by atoms with van der Waals surface area (Å²) in [5, 5.41) is 6.70. The molecule has 3 aliphatic heterocycles. The van der Waals surface area contributed by atoms with Gasteiger partial charge in [0, 0.05) is 63.5 Å². The fourth-order valence-electron chi connectivity index (χ4n) is 4.77. The molecular formula is C24H34N4O4. The summed E-state index contributed by atoms with van der Waals surface area (Å²) in [5.41, 5.74) is 2.25. The standard InChI is InChI=1S/C24H34N4O4/c1-31-24(30)14-18-6-9-28-17-19(18)3-2-12-32-22-5-4-21(27-10-7-25-8-11-27)13-20(22)15-26-16-23(28)29/h2-5,13,18-19,25-26H,6-12,14-17H2,1H3/b3-2+/t18-,19-/m0/s1. The zero-order valence-electron chi connectivity index (χ0n) is 18.8. The number of piperidine rings is 1. The average Bonchev–Trinajstić information content (AvgIpc) is 2.84. The second kappa shape index (κ2) is 10.8. The molecule has 0 saturated carbocycles. The lowest BCUT2D eigenvalue weighted by molar-refractivity contribution is -0.142. The number of fused-ring (bicyclic) bond motifs is 3. The maximum atomic E-state index is 12.8. The van der Waals surface area contributed by atoms with Crippen molar-refractivity contribution < 1.29 is 19.1 Å². The van der Waals surface area contributed by atoms with Crippen LogP contribution in [0.25, 0.3) is 0 Å². The van der Waals surface area contributed by atoms with E-state index in [1.807, 2.05) is 17.0 Å². The van der Waals surface area contributed by atoms with Crippen molar-refractivity contribution in [1.29, 1.82) is 0 Å². The number of carbonyl (C=O) groups excluding carboxylic acids is 2. The topological polar surface area (TPSA) is 83.1 Å². The fraction of sp³-hybridized carbons (Fsp3) is 0.583. The van der Waals surface area contributed by atoms with Crippen LogP contribution >= 0.6 is 0 Å². The lowest BCUT2D eigenvalue weighted by Crippen LogP contribution is -2.46. The van der Waals surface area contributed by atoms with E-state index in [0.29, 0.717) is 32.7 Å². The van der Waals surface area contributed by atoms with E-state index in [4.69, 9.17) is 9.47 Å². The Hall–Kier alpha value is -2.58. The number of methoxy groups -OCH3 is 1. The molecule has 0 unspecified atom stereocenters. The largest absolute Gasteiger partial charge is 0.489 e. The molecular weight excluding hydrogens is 408 g/mol. The van der Waals surface area contributed by atoms with E-state index >= 15 is 0 Å². The van der Waals surface area contributed by atoms with Crippen LogP contribution in [0.1, 0.15) is 18.4 Å². The summed E-state index contributed by atoms with van der Waals surface area (Å²) in [7, 11) is 1.42. The van der Waals surface area contributed by atoms with Gasteiger partial charge in [-0.2, -0.15) is 0 Å². The molecule has 0 aromatic heterocycles. The van der Waals surface area contributed by atoms with Crippen molar-refractivity contribution in [1.82, 2.24) is 15.5 Å². The maximum absolute atomic E-state index is 12.8. The van der Waals surface area contributed by atoms with Gasteiger partial charge in [0.15, 0.2) is 0 Å². The number of nitrogens with zero attached hydrogens (tertiary/aromatic N) is 2. The van der Waals surface area contributed by atoms with Crippen LogP contribution in [0.15, 0.2) is 30.4 Å². The molecule has 3 heterocycles. The third kappa shape index (κ3) is 5.61. The van der Waals surface area contributed by atoms with Crippen LogP contribution in [0.4, 0.5) is 5.69 Å². The third-order valence-electron chi connectivity index (χ3n) is 6.65. The molecule has 174 valence electrons. The summed E-state index contributed by atoms with van der Waals surface area (Å²) in [6, 6.07) is 6.32. The first-order valence-electron chi connectivity index (χ1n) is 11.6. The first-order chi connectivity index (χ1) is 15.6. The summed E-state index contributed by atoms with van der Waals surface area (Å²) in [5.74, 6) is 1.03. The number of hydrogen-bond acceptors (Lipinski definition) is 7. The number of hydrogen-bond donors (Lipinski definition) is 2. The molecule has 8 nitrogen and oxygen atoms in total. The van der Waals surface area contributed by atoms with Gasteiger partial charge in [-0.05, 0) is 36.5 Å². The lowest BCUT2D eigenvalue weighted by Gasteiger charge is -2.37. The molecule has 1 aromatic rings. The molecule has 8 heteroatoms. The van der Waals surface area contributed by atoms with Crippen LogP contribution in [0.5, 0.6) is 5.75 Å². The Morgan fingerprint density at radius 3 is 2.81 bits per heavy atom. The molecule has 2 atom stereocenters. The molecule has 32 heavy (non-hydrogen) atoms.